The van der Waals surface area contributed by atoms with E-state index in [1.165, 1.54) is 11.8 Å². The van der Waals surface area contributed by atoms with Gasteiger partial charge in [0, 0.05) is 19.3 Å². The van der Waals surface area contributed by atoms with Gasteiger partial charge in [0.2, 0.25) is 0 Å². The first-order valence-electron chi connectivity index (χ1n) is 10.3. The normalized spacial score (nSPS) is 14.6. The van der Waals surface area contributed by atoms with Gasteiger partial charge in [0.1, 0.15) is 0 Å². The first-order valence-corrected chi connectivity index (χ1v) is 12.2. The van der Waals surface area contributed by atoms with Crippen molar-refractivity contribution in [3.8, 4) is 0 Å². The maximum atomic E-state index is 13.2. The number of nitrogens with zero attached hydrogens (tertiary/aromatic N) is 1. The second-order valence-corrected chi connectivity index (χ2v) is 10.1. The van der Waals surface area contributed by atoms with E-state index >= 15 is 0 Å². The summed E-state index contributed by atoms with van der Waals surface area (Å²) in [5, 5.41) is 3.14. The van der Waals surface area contributed by atoms with E-state index in [4.69, 9.17) is 0 Å². The molecule has 160 valence electrons. The lowest BCUT2D eigenvalue weighted by Crippen LogP contribution is -2.44. The molecule has 1 atom stereocenters. The van der Waals surface area contributed by atoms with Crippen LogP contribution in [0.5, 0.6) is 0 Å². The Balaban J connectivity index is 1.64. The van der Waals surface area contributed by atoms with Crippen molar-refractivity contribution in [2.75, 3.05) is 12.8 Å². The lowest BCUT2D eigenvalue weighted by molar-refractivity contribution is 0.190. The Labute approximate surface area is 183 Å². The van der Waals surface area contributed by atoms with Gasteiger partial charge in [-0.05, 0) is 47.7 Å². The molecular formula is C25H26N2O3S. The number of rotatable bonds is 4. The van der Waals surface area contributed by atoms with E-state index in [1.807, 2.05) is 54.3 Å². The number of carbonyl (C=O) groups excluding carboxylic acids is 1. The number of aryl methyl sites for hydroxylation is 1. The second kappa shape index (κ2) is 8.55. The molecule has 1 unspecified atom stereocenters. The minimum absolute atomic E-state index is 0.162. The van der Waals surface area contributed by atoms with Crippen molar-refractivity contribution in [3.05, 3.63) is 101 Å². The molecule has 0 saturated heterocycles. The monoisotopic (exact) mass is 434 g/mol. The highest BCUT2D eigenvalue weighted by molar-refractivity contribution is 7.90. The minimum Gasteiger partial charge on any atom is -0.327 e. The number of fused-ring (bicyclic) bond motifs is 1. The van der Waals surface area contributed by atoms with Crippen molar-refractivity contribution < 1.29 is 13.2 Å². The van der Waals surface area contributed by atoms with E-state index in [0.29, 0.717) is 13.1 Å². The van der Waals surface area contributed by atoms with Crippen LogP contribution in [0.4, 0.5) is 4.79 Å². The van der Waals surface area contributed by atoms with Gasteiger partial charge in [-0.3, -0.25) is 0 Å². The summed E-state index contributed by atoms with van der Waals surface area (Å²) in [4.78, 5) is 15.3. The Morgan fingerprint density at radius 1 is 0.935 bits per heavy atom. The molecule has 0 spiro atoms. The zero-order valence-corrected chi connectivity index (χ0v) is 18.5. The third kappa shape index (κ3) is 4.80. The molecule has 2 amide bonds. The summed E-state index contributed by atoms with van der Waals surface area (Å²) in [5.74, 6) is 0. The quantitative estimate of drug-likeness (QED) is 0.667. The van der Waals surface area contributed by atoms with E-state index in [1.54, 1.807) is 18.2 Å². The van der Waals surface area contributed by atoms with E-state index in [-0.39, 0.29) is 10.9 Å². The Bertz CT molecular complexity index is 1200. The molecule has 0 bridgehead atoms. The van der Waals surface area contributed by atoms with Crippen LogP contribution >= 0.6 is 0 Å². The average Bonchev–Trinajstić information content (AvgIpc) is 2.77. The van der Waals surface area contributed by atoms with Gasteiger partial charge in [-0.15, -0.1) is 0 Å². The van der Waals surface area contributed by atoms with Crippen LogP contribution in [0.15, 0.2) is 77.7 Å². The summed E-state index contributed by atoms with van der Waals surface area (Å²) in [7, 11) is -3.35. The SMILES string of the molecule is Cc1ccc(C(NC(=O)N2CCc3ccccc3C2)c2cccc(S(C)(=O)=O)c2)cc1. The molecule has 0 saturated carbocycles. The Hall–Kier alpha value is -3.12. The predicted octanol–water partition coefficient (Wildman–Crippen LogP) is 4.26. The predicted molar refractivity (Wildman–Crippen MR) is 122 cm³/mol. The van der Waals surface area contributed by atoms with E-state index in [2.05, 4.69) is 17.4 Å². The molecule has 1 aliphatic heterocycles. The van der Waals surface area contributed by atoms with Crippen molar-refractivity contribution in [2.45, 2.75) is 30.8 Å². The fraction of sp³-hybridized carbons (Fsp3) is 0.240. The lowest BCUT2D eigenvalue weighted by atomic mass is 9.97. The fourth-order valence-electron chi connectivity index (χ4n) is 3.93. The molecule has 0 aliphatic carbocycles. The maximum absolute atomic E-state index is 13.2. The number of urea groups is 1. The number of hydrogen-bond donors (Lipinski definition) is 1. The highest BCUT2D eigenvalue weighted by Crippen LogP contribution is 2.26. The van der Waals surface area contributed by atoms with Crippen molar-refractivity contribution >= 4 is 15.9 Å². The third-order valence-electron chi connectivity index (χ3n) is 5.72. The number of hydrogen-bond acceptors (Lipinski definition) is 3. The largest absolute Gasteiger partial charge is 0.327 e. The summed E-state index contributed by atoms with van der Waals surface area (Å²) in [6.07, 6.45) is 2.01. The Kier molecular flexibility index (Phi) is 5.83. The molecule has 3 aromatic rings. The van der Waals surface area contributed by atoms with Gasteiger partial charge >= 0.3 is 6.03 Å². The first kappa shape index (κ1) is 21.1. The lowest BCUT2D eigenvalue weighted by Gasteiger charge is -2.31. The van der Waals surface area contributed by atoms with E-state index in [9.17, 15) is 13.2 Å². The molecule has 1 heterocycles. The summed E-state index contributed by atoms with van der Waals surface area (Å²) in [5.41, 5.74) is 5.20. The summed E-state index contributed by atoms with van der Waals surface area (Å²) in [6, 6.07) is 22.3. The van der Waals surface area contributed by atoms with Crippen molar-refractivity contribution in [2.24, 2.45) is 0 Å². The van der Waals surface area contributed by atoms with E-state index in [0.717, 1.165) is 28.7 Å². The van der Waals surface area contributed by atoms with Crippen LogP contribution in [0, 0.1) is 6.92 Å². The van der Waals surface area contributed by atoms with Crippen molar-refractivity contribution in [1.29, 1.82) is 0 Å². The molecule has 0 aromatic heterocycles. The van der Waals surface area contributed by atoms with Crippen LogP contribution in [0.2, 0.25) is 0 Å². The van der Waals surface area contributed by atoms with Crippen LogP contribution in [-0.2, 0) is 22.8 Å². The van der Waals surface area contributed by atoms with E-state index < -0.39 is 15.9 Å². The Morgan fingerprint density at radius 2 is 1.65 bits per heavy atom. The zero-order chi connectivity index (χ0) is 22.0. The first-order chi connectivity index (χ1) is 14.8. The molecular weight excluding hydrogens is 408 g/mol. The number of amides is 2. The van der Waals surface area contributed by atoms with Crippen LogP contribution in [-0.4, -0.2) is 32.1 Å². The van der Waals surface area contributed by atoms with Gasteiger partial charge in [-0.25, -0.2) is 13.2 Å². The zero-order valence-electron chi connectivity index (χ0n) is 17.7. The van der Waals surface area contributed by atoms with Crippen LogP contribution in [0.3, 0.4) is 0 Å². The molecule has 1 N–H and O–H groups in total. The van der Waals surface area contributed by atoms with Crippen LogP contribution in [0.25, 0.3) is 0 Å². The maximum Gasteiger partial charge on any atom is 0.318 e. The summed E-state index contributed by atoms with van der Waals surface area (Å²) in [6.45, 7) is 3.21. The standard InChI is InChI=1S/C25H26N2O3S/c1-18-10-12-20(13-11-18)24(21-8-5-9-23(16-21)31(2,29)30)26-25(28)27-15-14-19-6-3-4-7-22(19)17-27/h3-13,16,24H,14-15,17H2,1-2H3,(H,26,28). The Morgan fingerprint density at radius 3 is 2.35 bits per heavy atom. The van der Waals surface area contributed by atoms with Crippen molar-refractivity contribution in [3.63, 3.8) is 0 Å². The second-order valence-electron chi connectivity index (χ2n) is 8.08. The smallest absolute Gasteiger partial charge is 0.318 e. The third-order valence-corrected chi connectivity index (χ3v) is 6.83. The highest BCUT2D eigenvalue weighted by atomic mass is 32.2. The molecule has 5 nitrogen and oxygen atoms in total. The molecule has 4 rings (SSSR count). The van der Waals surface area contributed by atoms with Crippen LogP contribution < -0.4 is 5.32 Å². The van der Waals surface area contributed by atoms with Gasteiger partial charge in [0.15, 0.2) is 9.84 Å². The minimum atomic E-state index is -3.35. The van der Waals surface area contributed by atoms with Gasteiger partial charge in [0.25, 0.3) is 0 Å². The average molecular weight is 435 g/mol. The van der Waals surface area contributed by atoms with Crippen molar-refractivity contribution in [1.82, 2.24) is 10.2 Å². The molecule has 0 radical (unpaired) electrons. The number of sulfone groups is 1. The van der Waals surface area contributed by atoms with Gasteiger partial charge in [-0.2, -0.15) is 0 Å². The molecule has 6 heteroatoms. The van der Waals surface area contributed by atoms with Gasteiger partial charge in [-0.1, -0.05) is 66.2 Å². The number of carbonyl (C=O) groups is 1. The highest BCUT2D eigenvalue weighted by Gasteiger charge is 2.24. The van der Waals surface area contributed by atoms with Crippen LogP contribution in [0.1, 0.15) is 33.9 Å². The number of benzene rings is 3. The molecule has 31 heavy (non-hydrogen) atoms. The van der Waals surface area contributed by atoms with Gasteiger partial charge in [0.05, 0.1) is 10.9 Å². The molecule has 3 aromatic carbocycles. The summed E-state index contributed by atoms with van der Waals surface area (Å²) >= 11 is 0. The van der Waals surface area contributed by atoms with Gasteiger partial charge < -0.3 is 10.2 Å². The number of nitrogens with one attached hydrogen (secondary N) is 1. The fourth-order valence-corrected chi connectivity index (χ4v) is 4.60. The topological polar surface area (TPSA) is 66.5 Å². The summed E-state index contributed by atoms with van der Waals surface area (Å²) < 4.78 is 24.2. The molecule has 1 aliphatic rings. The molecule has 0 fully saturated rings.